The second-order valence-electron chi connectivity index (χ2n) is 4.34. The van der Waals surface area contributed by atoms with E-state index in [0.717, 1.165) is 10.2 Å². The highest BCUT2D eigenvalue weighted by Crippen LogP contribution is 2.30. The maximum Gasteiger partial charge on any atom is 0.171 e. The monoisotopic (exact) mass is 289 g/mol. The van der Waals surface area contributed by atoms with Crippen molar-refractivity contribution in [2.45, 2.75) is 6.10 Å². The predicted molar refractivity (Wildman–Crippen MR) is 76.6 cm³/mol. The minimum atomic E-state index is -1.07. The minimum absolute atomic E-state index is 0.117. The average molecular weight is 289 g/mol. The zero-order chi connectivity index (χ0) is 14.1. The summed E-state index contributed by atoms with van der Waals surface area (Å²) in [4.78, 5) is 4.26. The molecule has 0 spiro atoms. The Morgan fingerprint density at radius 3 is 3.00 bits per heavy atom. The number of pyridine rings is 1. The van der Waals surface area contributed by atoms with Crippen molar-refractivity contribution in [3.8, 4) is 5.75 Å². The van der Waals surface area contributed by atoms with Gasteiger partial charge in [0.15, 0.2) is 11.6 Å². The molecule has 0 radical (unpaired) electrons. The molecule has 1 aromatic carbocycles. The maximum atomic E-state index is 14.2. The Hall–Kier alpha value is -1.98. The number of aromatic nitrogens is 1. The van der Waals surface area contributed by atoms with Crippen LogP contribution in [-0.4, -0.2) is 17.2 Å². The first-order valence-electron chi connectivity index (χ1n) is 6.04. The van der Waals surface area contributed by atoms with E-state index in [0.29, 0.717) is 5.56 Å². The number of fused-ring (bicyclic) bond motifs is 1. The van der Waals surface area contributed by atoms with E-state index in [2.05, 4.69) is 4.98 Å². The number of hydrogen-bond donors (Lipinski definition) is 1. The van der Waals surface area contributed by atoms with Crippen molar-refractivity contribution in [2.75, 3.05) is 7.11 Å². The molecule has 1 N–H and O–H groups in total. The molecule has 20 heavy (non-hydrogen) atoms. The average Bonchev–Trinajstić information content (AvgIpc) is 2.94. The summed E-state index contributed by atoms with van der Waals surface area (Å²) in [6, 6.07) is 8.45. The molecule has 102 valence electrons. The lowest BCUT2D eigenvalue weighted by Gasteiger charge is -2.13. The molecule has 3 rings (SSSR count). The zero-order valence-electron chi connectivity index (χ0n) is 10.7. The summed E-state index contributed by atoms with van der Waals surface area (Å²) >= 11 is 1.53. The van der Waals surface area contributed by atoms with Gasteiger partial charge < -0.3 is 9.84 Å². The molecule has 2 aromatic heterocycles. The van der Waals surface area contributed by atoms with Gasteiger partial charge in [-0.25, -0.2) is 4.39 Å². The number of ether oxygens (including phenoxy) is 1. The number of rotatable bonds is 3. The zero-order valence-corrected chi connectivity index (χ0v) is 11.5. The number of methoxy groups -OCH3 is 1. The Balaban J connectivity index is 2.05. The Bertz CT molecular complexity index is 756. The Morgan fingerprint density at radius 2 is 2.20 bits per heavy atom. The van der Waals surface area contributed by atoms with Crippen LogP contribution in [0.1, 0.15) is 17.2 Å². The molecule has 0 saturated heterocycles. The number of aliphatic hydroxyl groups excluding tert-OH is 1. The number of thiophene rings is 1. The number of halogens is 1. The second kappa shape index (κ2) is 5.19. The lowest BCUT2D eigenvalue weighted by molar-refractivity contribution is 0.213. The van der Waals surface area contributed by atoms with Gasteiger partial charge in [0.05, 0.1) is 17.3 Å². The summed E-state index contributed by atoms with van der Waals surface area (Å²) in [6.45, 7) is 0. The van der Waals surface area contributed by atoms with Crippen LogP contribution in [0.5, 0.6) is 5.75 Å². The molecule has 0 fully saturated rings. The van der Waals surface area contributed by atoms with Crippen LogP contribution in [-0.2, 0) is 0 Å². The summed E-state index contributed by atoms with van der Waals surface area (Å²) in [5.74, 6) is -0.430. The summed E-state index contributed by atoms with van der Waals surface area (Å²) in [7, 11) is 1.40. The molecule has 0 aliphatic heterocycles. The summed E-state index contributed by atoms with van der Waals surface area (Å²) in [5, 5.41) is 12.3. The summed E-state index contributed by atoms with van der Waals surface area (Å²) in [6.07, 6.45) is 0.502. The van der Waals surface area contributed by atoms with E-state index < -0.39 is 11.9 Å². The minimum Gasteiger partial charge on any atom is -0.494 e. The van der Waals surface area contributed by atoms with Gasteiger partial charge in [-0.3, -0.25) is 4.98 Å². The molecule has 3 aromatic rings. The van der Waals surface area contributed by atoms with Crippen molar-refractivity contribution in [3.05, 3.63) is 58.9 Å². The van der Waals surface area contributed by atoms with Gasteiger partial charge in [-0.1, -0.05) is 12.1 Å². The normalized spacial score (nSPS) is 12.6. The predicted octanol–water partition coefficient (Wildman–Crippen LogP) is 3.53. The maximum absolute atomic E-state index is 14.2. The number of benzene rings is 1. The van der Waals surface area contributed by atoms with Crippen LogP contribution < -0.4 is 4.74 Å². The second-order valence-corrected chi connectivity index (χ2v) is 5.29. The topological polar surface area (TPSA) is 42.4 Å². The van der Waals surface area contributed by atoms with Crippen molar-refractivity contribution in [1.82, 2.24) is 4.98 Å². The molecule has 0 saturated carbocycles. The molecular formula is C15H12FNO2S. The van der Waals surface area contributed by atoms with Crippen LogP contribution in [0.25, 0.3) is 10.2 Å². The molecule has 1 unspecified atom stereocenters. The van der Waals surface area contributed by atoms with Gasteiger partial charge >= 0.3 is 0 Å². The van der Waals surface area contributed by atoms with Gasteiger partial charge in [0.2, 0.25) is 0 Å². The van der Waals surface area contributed by atoms with Crippen LogP contribution in [0.4, 0.5) is 4.39 Å². The largest absolute Gasteiger partial charge is 0.494 e. The van der Waals surface area contributed by atoms with Crippen molar-refractivity contribution in [1.29, 1.82) is 0 Å². The Labute approximate surface area is 119 Å². The van der Waals surface area contributed by atoms with E-state index in [1.807, 2.05) is 17.5 Å². The van der Waals surface area contributed by atoms with Gasteiger partial charge in [-0.15, -0.1) is 11.3 Å². The van der Waals surface area contributed by atoms with Gasteiger partial charge in [0.25, 0.3) is 0 Å². The number of nitrogens with zero attached hydrogens (tertiary/aromatic N) is 1. The fraction of sp³-hybridized carbons (Fsp3) is 0.133. The molecular weight excluding hydrogens is 277 g/mol. The van der Waals surface area contributed by atoms with Crippen LogP contribution in [0, 0.1) is 5.82 Å². The third-order valence-electron chi connectivity index (χ3n) is 3.15. The fourth-order valence-electron chi connectivity index (χ4n) is 2.09. The smallest absolute Gasteiger partial charge is 0.171 e. The third kappa shape index (κ3) is 2.15. The first-order valence-corrected chi connectivity index (χ1v) is 6.92. The fourth-order valence-corrected chi connectivity index (χ4v) is 2.88. The van der Waals surface area contributed by atoms with Gasteiger partial charge in [-0.2, -0.15) is 0 Å². The molecule has 5 heteroatoms. The molecule has 3 nitrogen and oxygen atoms in total. The van der Waals surface area contributed by atoms with Crippen LogP contribution in [0.2, 0.25) is 0 Å². The van der Waals surface area contributed by atoms with Crippen molar-refractivity contribution in [3.63, 3.8) is 0 Å². The lowest BCUT2D eigenvalue weighted by atomic mass is 10.0. The Morgan fingerprint density at radius 1 is 1.35 bits per heavy atom. The van der Waals surface area contributed by atoms with Gasteiger partial charge in [0, 0.05) is 17.3 Å². The highest BCUT2D eigenvalue weighted by Gasteiger charge is 2.18. The molecule has 0 amide bonds. The van der Waals surface area contributed by atoms with E-state index in [9.17, 15) is 9.50 Å². The first-order chi connectivity index (χ1) is 9.70. The van der Waals surface area contributed by atoms with E-state index in [1.165, 1.54) is 24.5 Å². The van der Waals surface area contributed by atoms with Crippen molar-refractivity contribution in [2.24, 2.45) is 0 Å². The molecule has 0 bridgehead atoms. The van der Waals surface area contributed by atoms with E-state index in [-0.39, 0.29) is 11.3 Å². The quantitative estimate of drug-likeness (QED) is 0.802. The summed E-state index contributed by atoms with van der Waals surface area (Å²) in [5.41, 5.74) is 1.62. The van der Waals surface area contributed by atoms with Gasteiger partial charge in [0.1, 0.15) is 6.10 Å². The van der Waals surface area contributed by atoms with Crippen LogP contribution in [0.3, 0.4) is 0 Å². The first kappa shape index (κ1) is 13.0. The molecule has 1 atom stereocenters. The van der Waals surface area contributed by atoms with Crippen molar-refractivity contribution < 1.29 is 14.2 Å². The van der Waals surface area contributed by atoms with Crippen LogP contribution >= 0.6 is 11.3 Å². The molecule has 2 heterocycles. The van der Waals surface area contributed by atoms with E-state index in [4.69, 9.17) is 4.74 Å². The highest BCUT2D eigenvalue weighted by atomic mass is 32.1. The van der Waals surface area contributed by atoms with Gasteiger partial charge in [-0.05, 0) is 23.6 Å². The van der Waals surface area contributed by atoms with Crippen LogP contribution in [0.15, 0.2) is 41.9 Å². The van der Waals surface area contributed by atoms with E-state index >= 15 is 0 Å². The Kier molecular flexibility index (Phi) is 3.38. The third-order valence-corrected chi connectivity index (χ3v) is 4.00. The SMILES string of the molecule is COc1cccc(C(O)c2cnc3ccsc3c2)c1F. The standard InChI is InChI=1S/C15H12FNO2S/c1-19-12-4-2-3-10(14(12)16)15(18)9-7-13-11(17-8-9)5-6-20-13/h2-8,15,18H,1H3. The molecule has 0 aliphatic rings. The number of aliphatic hydroxyl groups is 1. The van der Waals surface area contributed by atoms with E-state index in [1.54, 1.807) is 18.3 Å². The van der Waals surface area contributed by atoms with Crippen molar-refractivity contribution >= 4 is 21.6 Å². The molecule has 0 aliphatic carbocycles. The number of hydrogen-bond acceptors (Lipinski definition) is 4. The summed E-state index contributed by atoms with van der Waals surface area (Å²) < 4.78 is 20.1. The lowest BCUT2D eigenvalue weighted by Crippen LogP contribution is -2.04. The highest BCUT2D eigenvalue weighted by molar-refractivity contribution is 7.17.